The molecule has 4 aliphatic heterocycles. The molecule has 0 amide bonds. The van der Waals surface area contributed by atoms with Crippen LogP contribution in [0.25, 0.3) is 22.1 Å². The van der Waals surface area contributed by atoms with Crippen molar-refractivity contribution in [3.63, 3.8) is 0 Å². The Balaban J connectivity index is 0.000000165. The molecule has 2 saturated heterocycles. The number of nitrogens with zero attached hydrogens (tertiary/aromatic N) is 6. The van der Waals surface area contributed by atoms with Crippen LogP contribution < -0.4 is 21.3 Å². The molecule has 0 spiro atoms. The number of piperazine rings is 1. The molecule has 0 atom stereocenters. The molecular weight excluding hydrogens is 1030 g/mol. The summed E-state index contributed by atoms with van der Waals surface area (Å²) in [5.41, 5.74) is 13.4. The number of nitrogens with one attached hydrogen (secondary N) is 2. The van der Waals surface area contributed by atoms with Crippen molar-refractivity contribution in [3.05, 3.63) is 38.0 Å². The molecule has 16 heteroatoms. The Labute approximate surface area is 338 Å². The number of hydrogen-bond donors (Lipinski definition) is 3. The van der Waals surface area contributed by atoms with Crippen molar-refractivity contribution < 1.29 is 0 Å². The van der Waals surface area contributed by atoms with E-state index in [0.29, 0.717) is 6.04 Å². The number of halogens is 7. The number of imidazole rings is 2. The molecule has 9 nitrogen and oxygen atoms in total. The molecule has 8 rings (SSSR count). The third kappa shape index (κ3) is 7.31. The van der Waals surface area contributed by atoms with Gasteiger partial charge in [-0.15, -0.1) is 12.4 Å². The molecular formula is C32H40Br6ClN9. The minimum absolute atomic E-state index is 0. The second-order valence-corrected chi connectivity index (χ2v) is 17.5. The molecule has 0 aliphatic carbocycles. The van der Waals surface area contributed by atoms with Crippen LogP contribution in [0.5, 0.6) is 0 Å². The maximum absolute atomic E-state index is 6.05. The molecule has 48 heavy (non-hydrogen) atoms. The number of benzene rings is 2. The Morgan fingerprint density at radius 1 is 0.708 bits per heavy atom. The normalized spacial score (nSPS) is 18.2. The highest BCUT2D eigenvalue weighted by atomic mass is 79.9. The van der Waals surface area contributed by atoms with Crippen molar-refractivity contribution in [3.8, 4) is 0 Å². The van der Waals surface area contributed by atoms with Gasteiger partial charge in [0.25, 0.3) is 0 Å². The third-order valence-corrected chi connectivity index (χ3v) is 16.8. The van der Waals surface area contributed by atoms with Crippen molar-refractivity contribution >= 4 is 142 Å². The Hall–Kier alpha value is 0.0300. The summed E-state index contributed by atoms with van der Waals surface area (Å²) in [7, 11) is 0. The van der Waals surface area contributed by atoms with Gasteiger partial charge in [-0.05, 0) is 158 Å². The van der Waals surface area contributed by atoms with Crippen LogP contribution in [-0.4, -0.2) is 82.4 Å². The third-order valence-electron chi connectivity index (χ3n) is 9.79. The van der Waals surface area contributed by atoms with Crippen LogP contribution in [0.4, 0.5) is 11.9 Å². The van der Waals surface area contributed by atoms with Gasteiger partial charge in [-0.2, -0.15) is 0 Å². The van der Waals surface area contributed by atoms with E-state index in [-0.39, 0.29) is 12.4 Å². The van der Waals surface area contributed by atoms with E-state index in [1.807, 2.05) is 0 Å². The molecule has 4 N–H and O–H groups in total. The van der Waals surface area contributed by atoms with Crippen molar-refractivity contribution in [2.75, 3.05) is 62.6 Å². The van der Waals surface area contributed by atoms with E-state index in [1.54, 1.807) is 0 Å². The second kappa shape index (κ2) is 16.4. The summed E-state index contributed by atoms with van der Waals surface area (Å²) in [4.78, 5) is 14.8. The molecule has 262 valence electrons. The summed E-state index contributed by atoms with van der Waals surface area (Å²) in [6, 6.07) is 0.340. The summed E-state index contributed by atoms with van der Waals surface area (Å²) in [5.74, 6) is 2.11. The SMILES string of the molecule is Brc1c(Br)c2c3c(nc(NCCCN4CCNCC4)n3CCC2)c1Br.Cl.NC1CCN(c2nc3c(Br)c(Br)c(Br)c4c3n2CCC4)CC1. The molecule has 0 radical (unpaired) electrons. The molecule has 2 aromatic heterocycles. The zero-order chi connectivity index (χ0) is 32.8. The standard InChI is InChI=1S/C17H22Br3N5.C15H17Br3N4.ClH/c18-12-11-3-1-8-25-16(11)15(14(20)13(12)19)23-17(25)22-4-2-7-24-9-5-21-6-10-24;16-10-9-2-1-5-22-14(9)13(12(18)11(10)17)20-15(22)21-6-3-8(19)4-7-21;/h21H,1-10H2,(H,22,23);8H,1-7,19H2;1H. The van der Waals surface area contributed by atoms with Gasteiger partial charge in [0.1, 0.15) is 11.0 Å². The Morgan fingerprint density at radius 2 is 1.27 bits per heavy atom. The molecule has 4 aromatic rings. The first-order valence-electron chi connectivity index (χ1n) is 16.5. The molecule has 0 saturated carbocycles. The highest BCUT2D eigenvalue weighted by molar-refractivity contribution is 9.15. The van der Waals surface area contributed by atoms with Gasteiger partial charge in [-0.3, -0.25) is 0 Å². The maximum Gasteiger partial charge on any atom is 0.206 e. The van der Waals surface area contributed by atoms with Gasteiger partial charge < -0.3 is 35.3 Å². The van der Waals surface area contributed by atoms with Gasteiger partial charge in [-0.1, -0.05) is 0 Å². The summed E-state index contributed by atoms with van der Waals surface area (Å²) in [6.07, 6.45) is 7.74. The molecule has 2 fully saturated rings. The molecule has 6 heterocycles. The number of aryl methyl sites for hydroxylation is 4. The first-order chi connectivity index (χ1) is 22.7. The monoisotopic (exact) mass is 1060 g/mol. The van der Waals surface area contributed by atoms with Crippen LogP contribution in [0.2, 0.25) is 0 Å². The van der Waals surface area contributed by atoms with Crippen molar-refractivity contribution in [1.29, 1.82) is 0 Å². The lowest BCUT2D eigenvalue weighted by Crippen LogP contribution is -2.44. The average Bonchev–Trinajstić information content (AvgIpc) is 3.68. The second-order valence-electron chi connectivity index (χ2n) is 12.8. The predicted molar refractivity (Wildman–Crippen MR) is 221 cm³/mol. The summed E-state index contributed by atoms with van der Waals surface area (Å²) in [6.45, 7) is 10.7. The fourth-order valence-corrected chi connectivity index (χ4v) is 10.8. The first kappa shape index (κ1) is 37.8. The number of nitrogens with two attached hydrogens (primary N) is 1. The first-order valence-corrected chi connectivity index (χ1v) is 21.3. The quantitative estimate of drug-likeness (QED) is 0.132. The van der Waals surface area contributed by atoms with E-state index in [2.05, 4.69) is 125 Å². The summed E-state index contributed by atoms with van der Waals surface area (Å²) < 4.78 is 11.2. The zero-order valence-corrected chi connectivity index (χ0v) is 36.9. The lowest BCUT2D eigenvalue weighted by atomic mass is 10.0. The minimum Gasteiger partial charge on any atom is -0.356 e. The maximum atomic E-state index is 6.05. The smallest absolute Gasteiger partial charge is 0.206 e. The van der Waals surface area contributed by atoms with Crippen LogP contribution in [0.15, 0.2) is 26.8 Å². The minimum atomic E-state index is 0. The van der Waals surface area contributed by atoms with Crippen LogP contribution in [0, 0.1) is 0 Å². The van der Waals surface area contributed by atoms with Crippen molar-refractivity contribution in [2.45, 2.75) is 64.1 Å². The molecule has 2 aromatic carbocycles. The summed E-state index contributed by atoms with van der Waals surface area (Å²) >= 11 is 22.3. The zero-order valence-electron chi connectivity index (χ0n) is 26.5. The van der Waals surface area contributed by atoms with E-state index < -0.39 is 0 Å². The van der Waals surface area contributed by atoms with E-state index in [1.165, 1.54) is 22.2 Å². The molecule has 0 bridgehead atoms. The largest absolute Gasteiger partial charge is 0.356 e. The van der Waals surface area contributed by atoms with Crippen LogP contribution in [0.3, 0.4) is 0 Å². The lowest BCUT2D eigenvalue weighted by Gasteiger charge is -2.32. The Bertz CT molecular complexity index is 1800. The van der Waals surface area contributed by atoms with Crippen molar-refractivity contribution in [2.24, 2.45) is 5.73 Å². The van der Waals surface area contributed by atoms with Gasteiger partial charge in [0.2, 0.25) is 11.9 Å². The summed E-state index contributed by atoms with van der Waals surface area (Å²) in [5, 5.41) is 6.98. The van der Waals surface area contributed by atoms with Gasteiger partial charge in [0, 0.05) is 82.8 Å². The molecule has 0 unspecified atom stereocenters. The highest BCUT2D eigenvalue weighted by Crippen LogP contribution is 2.45. The Morgan fingerprint density at radius 3 is 1.90 bits per heavy atom. The topological polar surface area (TPSA) is 92.2 Å². The van der Waals surface area contributed by atoms with Gasteiger partial charge in [-0.25, -0.2) is 9.97 Å². The highest BCUT2D eigenvalue weighted by Gasteiger charge is 2.29. The van der Waals surface area contributed by atoms with E-state index in [4.69, 9.17) is 15.7 Å². The van der Waals surface area contributed by atoms with Crippen molar-refractivity contribution in [1.82, 2.24) is 29.3 Å². The van der Waals surface area contributed by atoms with Gasteiger partial charge in [0.05, 0.1) is 20.0 Å². The van der Waals surface area contributed by atoms with E-state index in [9.17, 15) is 0 Å². The van der Waals surface area contributed by atoms with Crippen LogP contribution in [0.1, 0.15) is 43.2 Å². The van der Waals surface area contributed by atoms with Crippen LogP contribution in [-0.2, 0) is 25.9 Å². The number of piperidine rings is 1. The van der Waals surface area contributed by atoms with E-state index >= 15 is 0 Å². The number of aromatic nitrogens is 4. The van der Waals surface area contributed by atoms with Gasteiger partial charge >= 0.3 is 0 Å². The number of rotatable bonds is 6. The average molecular weight is 1070 g/mol. The van der Waals surface area contributed by atoms with Crippen LogP contribution >= 0.6 is 108 Å². The predicted octanol–water partition coefficient (Wildman–Crippen LogP) is 8.60. The fraction of sp³-hybridized carbons (Fsp3) is 0.562. The fourth-order valence-electron chi connectivity index (χ4n) is 7.31. The lowest BCUT2D eigenvalue weighted by molar-refractivity contribution is 0.240. The Kier molecular flexibility index (Phi) is 12.9. The number of hydrogen-bond acceptors (Lipinski definition) is 7. The molecule has 4 aliphatic rings. The van der Waals surface area contributed by atoms with Gasteiger partial charge in [0.15, 0.2) is 0 Å². The number of anilines is 2. The van der Waals surface area contributed by atoms with E-state index in [0.717, 1.165) is 160 Å².